The number of ether oxygens (including phenoxy) is 2. The Morgan fingerprint density at radius 1 is 1.13 bits per heavy atom. The maximum absolute atomic E-state index is 11.4. The van der Waals surface area contributed by atoms with Crippen molar-refractivity contribution in [3.05, 3.63) is 87.2 Å². The van der Waals surface area contributed by atoms with Crippen molar-refractivity contribution in [1.29, 1.82) is 0 Å². The summed E-state index contributed by atoms with van der Waals surface area (Å²) in [6, 6.07) is 15.9. The molecule has 2 aliphatic rings. The molecule has 2 aliphatic heterocycles. The fourth-order valence-electron chi connectivity index (χ4n) is 4.09. The quantitative estimate of drug-likeness (QED) is 0.312. The van der Waals surface area contributed by atoms with Gasteiger partial charge in [0, 0.05) is 25.1 Å². The summed E-state index contributed by atoms with van der Waals surface area (Å²) in [5, 5.41) is 11.4. The SMILES string of the molecule is Cn1cc([N+](=O)[O-])cc1C1=[N+](Cc2ccccc2)CCc2cc3c(cc21)OCO3.[Br-]. The van der Waals surface area contributed by atoms with Crippen molar-refractivity contribution in [2.24, 2.45) is 7.05 Å². The first-order chi connectivity index (χ1) is 14.1. The molecule has 0 unspecified atom stereocenters. The molecule has 0 radical (unpaired) electrons. The lowest BCUT2D eigenvalue weighted by Crippen LogP contribution is -3.00. The largest absolute Gasteiger partial charge is 1.00 e. The van der Waals surface area contributed by atoms with E-state index in [0.717, 1.165) is 47.8 Å². The number of aromatic nitrogens is 1. The van der Waals surface area contributed by atoms with Crippen LogP contribution in [-0.2, 0) is 20.0 Å². The predicted octanol–water partition coefficient (Wildman–Crippen LogP) is 0.272. The molecule has 5 rings (SSSR count). The zero-order chi connectivity index (χ0) is 20.0. The number of benzene rings is 2. The lowest BCUT2D eigenvalue weighted by Gasteiger charge is -2.19. The minimum Gasteiger partial charge on any atom is -1.00 e. The number of nitrogens with zero attached hydrogens (tertiary/aromatic N) is 3. The van der Waals surface area contributed by atoms with Crippen LogP contribution in [0.4, 0.5) is 5.69 Å². The van der Waals surface area contributed by atoms with Crippen LogP contribution in [0, 0.1) is 10.1 Å². The molecule has 3 heterocycles. The molecule has 1 aromatic heterocycles. The van der Waals surface area contributed by atoms with E-state index in [9.17, 15) is 10.1 Å². The number of rotatable bonds is 4. The molecule has 0 aliphatic carbocycles. The van der Waals surface area contributed by atoms with Gasteiger partial charge in [0.15, 0.2) is 18.0 Å². The number of fused-ring (bicyclic) bond motifs is 2. The second-order valence-corrected chi connectivity index (χ2v) is 7.32. The van der Waals surface area contributed by atoms with Crippen LogP contribution in [0.25, 0.3) is 0 Å². The Morgan fingerprint density at radius 3 is 2.57 bits per heavy atom. The minimum absolute atomic E-state index is 0. The van der Waals surface area contributed by atoms with Crippen molar-refractivity contribution in [2.75, 3.05) is 13.3 Å². The van der Waals surface area contributed by atoms with Gasteiger partial charge in [-0.2, -0.15) is 0 Å². The third-order valence-electron chi connectivity index (χ3n) is 5.48. The van der Waals surface area contributed by atoms with E-state index in [1.807, 2.05) is 41.9 Å². The first kappa shape index (κ1) is 20.2. The van der Waals surface area contributed by atoms with E-state index in [1.165, 1.54) is 5.56 Å². The Labute approximate surface area is 184 Å². The molecule has 0 spiro atoms. The summed E-state index contributed by atoms with van der Waals surface area (Å²) < 4.78 is 15.3. The standard InChI is InChI=1S/C22H20N3O4.BrH/c1-23-13-17(25(26)27)10-19(23)22-18-11-21-20(28-14-29-21)9-16(18)7-8-24(22)12-15-5-3-2-4-6-15;/h2-6,9-11,13H,7-8,12,14H2,1H3;1H/q+1;/p-1. The van der Waals surface area contributed by atoms with Crippen molar-refractivity contribution in [2.45, 2.75) is 13.0 Å². The van der Waals surface area contributed by atoms with E-state index in [4.69, 9.17) is 9.47 Å². The first-order valence-electron chi connectivity index (χ1n) is 9.50. The van der Waals surface area contributed by atoms with Gasteiger partial charge in [-0.1, -0.05) is 30.3 Å². The number of hydrogen-bond acceptors (Lipinski definition) is 4. The fraction of sp³-hybridized carbons (Fsp3) is 0.227. The third kappa shape index (κ3) is 3.47. The van der Waals surface area contributed by atoms with Crippen molar-refractivity contribution in [3.8, 4) is 11.5 Å². The Bertz CT molecular complexity index is 1150. The molecule has 3 aromatic rings. The third-order valence-corrected chi connectivity index (χ3v) is 5.48. The van der Waals surface area contributed by atoms with Crippen LogP contribution in [0.1, 0.15) is 22.4 Å². The normalized spacial score (nSPS) is 14.3. The predicted molar refractivity (Wildman–Crippen MR) is 107 cm³/mol. The Balaban J connectivity index is 0.00000218. The number of aryl methyl sites for hydroxylation is 1. The van der Waals surface area contributed by atoms with Crippen molar-refractivity contribution < 1.29 is 36.0 Å². The van der Waals surface area contributed by atoms with E-state index in [1.54, 1.807) is 12.3 Å². The second kappa shape index (κ2) is 7.95. The van der Waals surface area contributed by atoms with Gasteiger partial charge in [0.1, 0.15) is 12.2 Å². The molecule has 0 N–H and O–H groups in total. The van der Waals surface area contributed by atoms with E-state index in [-0.39, 0.29) is 34.4 Å². The van der Waals surface area contributed by atoms with E-state index in [2.05, 4.69) is 16.7 Å². The molecule has 154 valence electrons. The van der Waals surface area contributed by atoms with Crippen molar-refractivity contribution in [3.63, 3.8) is 0 Å². The van der Waals surface area contributed by atoms with Gasteiger partial charge >= 0.3 is 0 Å². The summed E-state index contributed by atoms with van der Waals surface area (Å²) in [6.45, 7) is 1.76. The maximum Gasteiger partial charge on any atom is 0.287 e. The molecule has 30 heavy (non-hydrogen) atoms. The summed E-state index contributed by atoms with van der Waals surface area (Å²) >= 11 is 0. The van der Waals surface area contributed by atoms with Crippen LogP contribution in [0.15, 0.2) is 54.7 Å². The first-order valence-corrected chi connectivity index (χ1v) is 9.50. The Morgan fingerprint density at radius 2 is 1.87 bits per heavy atom. The van der Waals surface area contributed by atoms with Gasteiger partial charge in [0.2, 0.25) is 12.5 Å². The van der Waals surface area contributed by atoms with E-state index >= 15 is 0 Å². The number of nitro groups is 1. The molecule has 0 amide bonds. The number of hydrogen-bond donors (Lipinski definition) is 0. The highest BCUT2D eigenvalue weighted by Gasteiger charge is 2.33. The lowest BCUT2D eigenvalue weighted by atomic mass is 9.93. The summed E-state index contributed by atoms with van der Waals surface area (Å²) in [4.78, 5) is 11.0. The summed E-state index contributed by atoms with van der Waals surface area (Å²) in [5.74, 6) is 1.48. The summed E-state index contributed by atoms with van der Waals surface area (Å²) in [6.07, 6.45) is 2.43. The minimum atomic E-state index is -0.352. The molecular formula is C22H20BrN3O4. The highest BCUT2D eigenvalue weighted by Crippen LogP contribution is 2.37. The molecule has 8 heteroatoms. The van der Waals surface area contributed by atoms with Crippen LogP contribution in [0.3, 0.4) is 0 Å². The molecule has 0 atom stereocenters. The topological polar surface area (TPSA) is 69.5 Å². The fourth-order valence-corrected chi connectivity index (χ4v) is 4.09. The highest BCUT2D eigenvalue weighted by molar-refractivity contribution is 6.10. The maximum atomic E-state index is 11.4. The van der Waals surface area contributed by atoms with Crippen LogP contribution >= 0.6 is 0 Å². The van der Waals surface area contributed by atoms with Crippen molar-refractivity contribution >= 4 is 11.4 Å². The van der Waals surface area contributed by atoms with Gasteiger partial charge < -0.3 is 31.0 Å². The van der Waals surface area contributed by atoms with Crippen LogP contribution in [0.5, 0.6) is 11.5 Å². The Kier molecular flexibility index (Phi) is 5.34. The van der Waals surface area contributed by atoms with Gasteiger partial charge in [-0.3, -0.25) is 10.1 Å². The van der Waals surface area contributed by atoms with Crippen molar-refractivity contribution in [1.82, 2.24) is 4.57 Å². The Hall–Kier alpha value is -3.13. The average molecular weight is 470 g/mol. The van der Waals surface area contributed by atoms with E-state index < -0.39 is 0 Å². The molecule has 0 fully saturated rings. The van der Waals surface area contributed by atoms with Crippen LogP contribution in [-0.4, -0.2) is 33.1 Å². The van der Waals surface area contributed by atoms with Gasteiger partial charge in [-0.15, -0.1) is 0 Å². The van der Waals surface area contributed by atoms with Gasteiger partial charge in [-0.25, -0.2) is 4.58 Å². The summed E-state index contributed by atoms with van der Waals surface area (Å²) in [7, 11) is 1.84. The van der Waals surface area contributed by atoms with Crippen LogP contribution in [0.2, 0.25) is 0 Å². The van der Waals surface area contributed by atoms with Gasteiger partial charge in [0.25, 0.3) is 5.69 Å². The van der Waals surface area contributed by atoms with Gasteiger partial charge in [0.05, 0.1) is 16.7 Å². The smallest absolute Gasteiger partial charge is 0.287 e. The second-order valence-electron chi connectivity index (χ2n) is 7.32. The zero-order valence-corrected chi connectivity index (χ0v) is 18.0. The monoisotopic (exact) mass is 469 g/mol. The molecule has 0 saturated carbocycles. The lowest BCUT2D eigenvalue weighted by molar-refractivity contribution is -0.544. The molecule has 0 bridgehead atoms. The molecule has 2 aromatic carbocycles. The van der Waals surface area contributed by atoms with Crippen LogP contribution < -0.4 is 26.5 Å². The number of halogens is 1. The van der Waals surface area contributed by atoms with Gasteiger partial charge in [-0.05, 0) is 17.7 Å². The average Bonchev–Trinajstić information content (AvgIpc) is 3.33. The highest BCUT2D eigenvalue weighted by atomic mass is 79.9. The molecule has 7 nitrogen and oxygen atoms in total. The summed E-state index contributed by atoms with van der Waals surface area (Å²) in [5.41, 5.74) is 5.27. The molecular weight excluding hydrogens is 450 g/mol. The zero-order valence-electron chi connectivity index (χ0n) is 16.4. The molecule has 0 saturated heterocycles. The van der Waals surface area contributed by atoms with E-state index in [0.29, 0.717) is 5.75 Å².